The van der Waals surface area contributed by atoms with Gasteiger partial charge in [-0.2, -0.15) is 5.26 Å². The minimum absolute atomic E-state index is 0.0460. The molecule has 33 heavy (non-hydrogen) atoms. The summed E-state index contributed by atoms with van der Waals surface area (Å²) in [6, 6.07) is 13.4. The zero-order valence-electron chi connectivity index (χ0n) is 19.0. The molecule has 2 fully saturated rings. The van der Waals surface area contributed by atoms with Gasteiger partial charge in [-0.3, -0.25) is 9.80 Å². The summed E-state index contributed by atoms with van der Waals surface area (Å²) in [7, 11) is 0. The van der Waals surface area contributed by atoms with Gasteiger partial charge in [0.25, 0.3) is 0 Å². The lowest BCUT2D eigenvalue weighted by molar-refractivity contribution is -0.0962. The normalized spacial score (nSPS) is 27.3. The van der Waals surface area contributed by atoms with Crippen LogP contribution >= 0.6 is 0 Å². The van der Waals surface area contributed by atoms with Crippen LogP contribution in [0.4, 0.5) is 0 Å². The number of hydrogen-bond acceptors (Lipinski definition) is 6. The smallest absolute Gasteiger partial charge is 0.338 e. The molecule has 0 saturated carbocycles. The van der Waals surface area contributed by atoms with Gasteiger partial charge in [0, 0.05) is 43.8 Å². The number of carbonyl (C=O) groups excluding carboxylic acids is 1. The van der Waals surface area contributed by atoms with Crippen molar-refractivity contribution in [2.45, 2.75) is 51.0 Å². The zero-order valence-corrected chi connectivity index (χ0v) is 19.0. The van der Waals surface area contributed by atoms with Gasteiger partial charge < -0.3 is 9.47 Å². The van der Waals surface area contributed by atoms with E-state index in [1.54, 1.807) is 0 Å². The molecule has 170 valence electrons. The SMILES string of the molecule is Cc1c(C2CN3CCN(C4CCc5cc(C#N)ccc5C4)CC3CO2)ccc2c1COC2=O. The average molecular weight is 444 g/mol. The molecule has 3 unspecified atom stereocenters. The van der Waals surface area contributed by atoms with E-state index >= 15 is 0 Å². The molecule has 0 amide bonds. The minimum atomic E-state index is -0.212. The van der Waals surface area contributed by atoms with Gasteiger partial charge in [-0.15, -0.1) is 0 Å². The van der Waals surface area contributed by atoms with E-state index in [4.69, 9.17) is 14.7 Å². The van der Waals surface area contributed by atoms with Crippen LogP contribution in [-0.2, 0) is 28.9 Å². The Morgan fingerprint density at radius 2 is 1.91 bits per heavy atom. The molecule has 3 aliphatic heterocycles. The Labute approximate surface area is 194 Å². The highest BCUT2D eigenvalue weighted by Crippen LogP contribution is 2.34. The summed E-state index contributed by atoms with van der Waals surface area (Å²) in [4.78, 5) is 17.1. The molecular formula is C27H29N3O3. The van der Waals surface area contributed by atoms with Crippen molar-refractivity contribution in [3.8, 4) is 6.07 Å². The number of piperazine rings is 1. The first-order chi connectivity index (χ1) is 16.1. The molecule has 0 aromatic heterocycles. The molecule has 2 aromatic carbocycles. The molecule has 0 N–H and O–H groups in total. The molecule has 4 aliphatic rings. The molecule has 6 rings (SSSR count). The fourth-order valence-corrected chi connectivity index (χ4v) is 6.16. The zero-order chi connectivity index (χ0) is 22.5. The molecule has 1 aliphatic carbocycles. The van der Waals surface area contributed by atoms with Gasteiger partial charge in [-0.05, 0) is 66.6 Å². The first-order valence-electron chi connectivity index (χ1n) is 12.0. The van der Waals surface area contributed by atoms with Crippen LogP contribution in [0.2, 0.25) is 0 Å². The molecule has 2 saturated heterocycles. The van der Waals surface area contributed by atoms with Crippen molar-refractivity contribution < 1.29 is 14.3 Å². The van der Waals surface area contributed by atoms with E-state index in [9.17, 15) is 4.79 Å². The Morgan fingerprint density at radius 3 is 2.76 bits per heavy atom. The van der Waals surface area contributed by atoms with Crippen LogP contribution < -0.4 is 0 Å². The average Bonchev–Trinajstić information content (AvgIpc) is 3.24. The van der Waals surface area contributed by atoms with E-state index < -0.39 is 0 Å². The van der Waals surface area contributed by atoms with Crippen molar-refractivity contribution in [2.75, 3.05) is 32.8 Å². The first-order valence-corrected chi connectivity index (χ1v) is 12.0. The molecule has 3 heterocycles. The highest BCUT2D eigenvalue weighted by molar-refractivity contribution is 5.93. The van der Waals surface area contributed by atoms with Gasteiger partial charge >= 0.3 is 5.97 Å². The minimum Gasteiger partial charge on any atom is -0.457 e. The highest BCUT2D eigenvalue weighted by Gasteiger charge is 2.38. The number of aryl methyl sites for hydroxylation is 1. The third kappa shape index (κ3) is 3.65. The maximum Gasteiger partial charge on any atom is 0.338 e. The predicted octanol–water partition coefficient (Wildman–Crippen LogP) is 3.15. The Morgan fingerprint density at radius 1 is 1.06 bits per heavy atom. The maximum atomic E-state index is 11.9. The standard InChI is InChI=1S/C27H29N3O3/c1-17-23(6-7-24-25(17)16-33-27(24)31)26-14-30-9-8-29(13-22(30)15-32-26)21-5-4-19-10-18(12-28)2-3-20(19)11-21/h2-3,6-7,10,21-22,26H,4-5,8-9,11,13-16H2,1H3. The second kappa shape index (κ2) is 8.25. The van der Waals surface area contributed by atoms with Crippen LogP contribution in [0.3, 0.4) is 0 Å². The third-order valence-electron chi connectivity index (χ3n) is 8.14. The summed E-state index contributed by atoms with van der Waals surface area (Å²) in [5, 5.41) is 9.17. The summed E-state index contributed by atoms with van der Waals surface area (Å²) >= 11 is 0. The van der Waals surface area contributed by atoms with Crippen LogP contribution in [0.25, 0.3) is 0 Å². The molecule has 6 heteroatoms. The Hall–Kier alpha value is -2.72. The summed E-state index contributed by atoms with van der Waals surface area (Å²) in [5.74, 6) is -0.212. The van der Waals surface area contributed by atoms with Crippen molar-refractivity contribution in [1.82, 2.24) is 9.80 Å². The number of benzene rings is 2. The van der Waals surface area contributed by atoms with Gasteiger partial charge in [0.2, 0.25) is 0 Å². The van der Waals surface area contributed by atoms with E-state index in [-0.39, 0.29) is 12.1 Å². The lowest BCUT2D eigenvalue weighted by Crippen LogP contribution is -2.60. The van der Waals surface area contributed by atoms with Crippen molar-refractivity contribution in [2.24, 2.45) is 0 Å². The van der Waals surface area contributed by atoms with E-state index in [1.165, 1.54) is 16.7 Å². The lowest BCUT2D eigenvalue weighted by Gasteiger charge is -2.49. The Bertz CT molecular complexity index is 1150. The van der Waals surface area contributed by atoms with Crippen molar-refractivity contribution >= 4 is 5.97 Å². The van der Waals surface area contributed by atoms with Crippen molar-refractivity contribution in [3.63, 3.8) is 0 Å². The van der Waals surface area contributed by atoms with Crippen molar-refractivity contribution in [1.29, 1.82) is 5.26 Å². The Kier molecular flexibility index (Phi) is 5.21. The predicted molar refractivity (Wildman–Crippen MR) is 123 cm³/mol. The largest absolute Gasteiger partial charge is 0.457 e. The summed E-state index contributed by atoms with van der Waals surface area (Å²) < 4.78 is 11.6. The Balaban J connectivity index is 1.11. The number of esters is 1. The summed E-state index contributed by atoms with van der Waals surface area (Å²) in [6.45, 7) is 7.31. The number of nitriles is 1. The second-order valence-corrected chi connectivity index (χ2v) is 9.84. The lowest BCUT2D eigenvalue weighted by atomic mass is 9.86. The summed E-state index contributed by atoms with van der Waals surface area (Å²) in [5.41, 5.74) is 7.58. The molecule has 2 aromatic rings. The van der Waals surface area contributed by atoms with Crippen LogP contribution in [0.5, 0.6) is 0 Å². The van der Waals surface area contributed by atoms with Gasteiger partial charge in [-0.25, -0.2) is 4.79 Å². The molecular weight excluding hydrogens is 414 g/mol. The van der Waals surface area contributed by atoms with Crippen LogP contribution in [0.1, 0.15) is 56.3 Å². The number of carbonyl (C=O) groups is 1. The van der Waals surface area contributed by atoms with Crippen LogP contribution in [0, 0.1) is 18.3 Å². The fraction of sp³-hybridized carbons (Fsp3) is 0.481. The molecule has 6 nitrogen and oxygen atoms in total. The number of hydrogen-bond donors (Lipinski definition) is 0. The van der Waals surface area contributed by atoms with E-state index in [0.29, 0.717) is 24.3 Å². The number of rotatable bonds is 2. The third-order valence-corrected chi connectivity index (χ3v) is 8.14. The van der Waals surface area contributed by atoms with E-state index in [0.717, 1.165) is 68.7 Å². The van der Waals surface area contributed by atoms with Gasteiger partial charge in [-0.1, -0.05) is 12.1 Å². The number of fused-ring (bicyclic) bond motifs is 3. The molecule has 0 bridgehead atoms. The van der Waals surface area contributed by atoms with Crippen molar-refractivity contribution in [3.05, 3.63) is 69.3 Å². The number of cyclic esters (lactones) is 1. The molecule has 0 spiro atoms. The maximum absolute atomic E-state index is 11.9. The van der Waals surface area contributed by atoms with Gasteiger partial charge in [0.15, 0.2) is 0 Å². The number of ether oxygens (including phenoxy) is 2. The van der Waals surface area contributed by atoms with Gasteiger partial charge in [0.1, 0.15) is 6.61 Å². The monoisotopic (exact) mass is 443 g/mol. The van der Waals surface area contributed by atoms with Crippen LogP contribution in [0.15, 0.2) is 30.3 Å². The highest BCUT2D eigenvalue weighted by atomic mass is 16.5. The van der Waals surface area contributed by atoms with Gasteiger partial charge in [0.05, 0.1) is 29.9 Å². The quantitative estimate of drug-likeness (QED) is 0.665. The second-order valence-electron chi connectivity index (χ2n) is 9.84. The fourth-order valence-electron chi connectivity index (χ4n) is 6.16. The molecule has 0 radical (unpaired) electrons. The van der Waals surface area contributed by atoms with E-state index in [1.807, 2.05) is 12.1 Å². The first kappa shape index (κ1) is 20.9. The topological polar surface area (TPSA) is 65.8 Å². The number of morpholine rings is 1. The van der Waals surface area contributed by atoms with E-state index in [2.05, 4.69) is 41.0 Å². The number of nitrogens with zero attached hydrogens (tertiary/aromatic N) is 3. The molecule has 3 atom stereocenters. The summed E-state index contributed by atoms with van der Waals surface area (Å²) in [6.07, 6.45) is 3.34. The van der Waals surface area contributed by atoms with Crippen LogP contribution in [-0.4, -0.2) is 60.6 Å².